The molecule has 3 atom stereocenters. The predicted molar refractivity (Wildman–Crippen MR) is 349 cm³/mol. The minimum atomic E-state index is -3.61. The summed E-state index contributed by atoms with van der Waals surface area (Å²) in [5.41, 5.74) is 11.9. The van der Waals surface area contributed by atoms with Crippen molar-refractivity contribution >= 4 is 122 Å². The second-order valence-electron chi connectivity index (χ2n) is 22.8. The Balaban J connectivity index is 0.000000171. The van der Waals surface area contributed by atoms with Crippen molar-refractivity contribution in [3.63, 3.8) is 0 Å². The van der Waals surface area contributed by atoms with Gasteiger partial charge in [-0.1, -0.05) is 58.1 Å². The molecule has 6 heterocycles. The molecule has 24 heteroatoms. The molecule has 18 nitrogen and oxygen atoms in total. The SMILES string of the molecule is Cc1ccc2ncnc(N3CCCC(CN)C3)c2c1.Cc1ccc2ncnc(N3CCCC(CNC(=O)OC(C)(C)C)C3)c2c1.Cc1ccc2ncnc(N3CCCC(CNS(=O)(=O)c4ccc(Cl)cc4)C3)c2c1.Cl.O=S(=O)(Cl)c1ccc(Cl)cc1. The monoisotopic (exact) mass is 1290 g/mol. The first-order valence-electron chi connectivity index (χ1n) is 28.5. The number of piperidine rings is 3. The molecule has 11 rings (SSSR count). The molecule has 0 aliphatic carbocycles. The highest BCUT2D eigenvalue weighted by Crippen LogP contribution is 2.32. The Labute approximate surface area is 525 Å². The van der Waals surface area contributed by atoms with Gasteiger partial charge in [0.05, 0.1) is 26.3 Å². The summed E-state index contributed by atoms with van der Waals surface area (Å²) >= 11 is 11.4. The zero-order chi connectivity index (χ0) is 60.9. The molecule has 5 aromatic carbocycles. The third-order valence-corrected chi connectivity index (χ3v) is 18.1. The van der Waals surface area contributed by atoms with Crippen molar-refractivity contribution in [1.29, 1.82) is 0 Å². The summed E-state index contributed by atoms with van der Waals surface area (Å²) in [6, 6.07) is 30.6. The van der Waals surface area contributed by atoms with Gasteiger partial charge in [0.1, 0.15) is 42.0 Å². The number of carbonyl (C=O) groups is 1. The molecule has 3 aliphatic heterocycles. The van der Waals surface area contributed by atoms with Crippen molar-refractivity contribution in [2.24, 2.45) is 23.5 Å². The first-order valence-corrected chi connectivity index (χ1v) is 33.1. The molecule has 86 heavy (non-hydrogen) atoms. The number of nitrogens with zero attached hydrogens (tertiary/aromatic N) is 9. The maximum absolute atomic E-state index is 12.6. The van der Waals surface area contributed by atoms with E-state index in [0.29, 0.717) is 35.0 Å². The van der Waals surface area contributed by atoms with Crippen molar-refractivity contribution in [3.8, 4) is 0 Å². The molecule has 0 radical (unpaired) electrons. The molecule has 0 spiro atoms. The van der Waals surface area contributed by atoms with E-state index in [4.69, 9.17) is 44.4 Å². The van der Waals surface area contributed by atoms with Crippen LogP contribution in [0.2, 0.25) is 10.0 Å². The summed E-state index contributed by atoms with van der Waals surface area (Å²) in [5.74, 6) is 4.15. The van der Waals surface area contributed by atoms with Gasteiger partial charge in [-0.15, -0.1) is 12.4 Å². The molecule has 0 saturated carbocycles. The van der Waals surface area contributed by atoms with Crippen LogP contribution in [0.5, 0.6) is 0 Å². The van der Waals surface area contributed by atoms with Gasteiger partial charge >= 0.3 is 6.09 Å². The molecule has 3 aliphatic rings. The molecular formula is C62H76Cl4N12O6S2. The lowest BCUT2D eigenvalue weighted by atomic mass is 9.97. The summed E-state index contributed by atoms with van der Waals surface area (Å²) < 4.78 is 54.5. The van der Waals surface area contributed by atoms with Crippen molar-refractivity contribution in [2.75, 3.05) is 73.6 Å². The molecule has 8 aromatic rings. The van der Waals surface area contributed by atoms with Crippen LogP contribution in [0.1, 0.15) is 76.0 Å². The number of fused-ring (bicyclic) bond motifs is 3. The number of rotatable bonds is 11. The van der Waals surface area contributed by atoms with Crippen LogP contribution in [-0.4, -0.2) is 117 Å². The summed E-state index contributed by atoms with van der Waals surface area (Å²) in [5, 5.41) is 7.18. The standard InChI is InChI=1S/C21H23ClN4O2S.C20H28N4O2.C15H20N4.C6H4Cl2O2S.ClH/c1-15-4-9-20-19(11-15)21(24-14-23-20)26-10-2-3-16(13-26)12-25-29(27,28)18-7-5-17(22)6-8-18;1-14-7-8-17-16(10-14)18(23-13-22-17)24-9-5-6-15(12-24)11-21-19(25)26-20(2,3)4;1-11-4-5-14-13(7-11)15(18-10-17-14)19-6-2-3-12(8-16)9-19;7-5-1-3-6(4-2-5)11(8,9)10;/h4-9,11,14,16,25H,2-3,10,12-13H2,1H3;7-8,10,13,15H,5-6,9,11-12H2,1-4H3,(H,21,25);4-5,7,10,12H,2-3,6,8-9,16H2,1H3;1-4H;1H. The van der Waals surface area contributed by atoms with Crippen LogP contribution < -0.4 is 30.5 Å². The van der Waals surface area contributed by atoms with Gasteiger partial charge in [0, 0.05) is 89.2 Å². The highest BCUT2D eigenvalue weighted by Gasteiger charge is 2.27. The summed E-state index contributed by atoms with van der Waals surface area (Å²) in [4.78, 5) is 45.8. The van der Waals surface area contributed by atoms with E-state index in [1.54, 1.807) is 31.1 Å². The molecule has 3 aromatic heterocycles. The fraction of sp³-hybridized carbons (Fsp3) is 0.403. The average molecular weight is 1290 g/mol. The molecule has 3 fully saturated rings. The summed E-state index contributed by atoms with van der Waals surface area (Å²) in [7, 11) is -2.12. The zero-order valence-electron chi connectivity index (χ0n) is 49.3. The number of halogens is 4. The maximum atomic E-state index is 12.6. The van der Waals surface area contributed by atoms with E-state index in [1.807, 2.05) is 39.0 Å². The van der Waals surface area contributed by atoms with Gasteiger partial charge in [-0.05, 0) is 189 Å². The van der Waals surface area contributed by atoms with E-state index < -0.39 is 24.7 Å². The van der Waals surface area contributed by atoms with Gasteiger partial charge in [0.15, 0.2) is 0 Å². The number of hydrogen-bond acceptors (Lipinski definition) is 16. The number of aryl methyl sites for hydroxylation is 3. The number of alkyl carbamates (subject to hydrolysis) is 1. The van der Waals surface area contributed by atoms with E-state index in [0.717, 1.165) is 127 Å². The van der Waals surface area contributed by atoms with E-state index in [1.165, 1.54) is 60.4 Å². The second kappa shape index (κ2) is 30.6. The Kier molecular flexibility index (Phi) is 23.9. The van der Waals surface area contributed by atoms with Crippen molar-refractivity contribution in [1.82, 2.24) is 39.9 Å². The maximum Gasteiger partial charge on any atom is 0.407 e. The van der Waals surface area contributed by atoms with Crippen LogP contribution in [0.4, 0.5) is 22.2 Å². The topological polar surface area (TPSA) is 232 Å². The highest BCUT2D eigenvalue weighted by atomic mass is 35.7. The number of aromatic nitrogens is 6. The summed E-state index contributed by atoms with van der Waals surface area (Å²) in [6.45, 7) is 19.2. The normalized spacial score (nSPS) is 17.2. The van der Waals surface area contributed by atoms with Gasteiger partial charge in [-0.2, -0.15) is 0 Å². The van der Waals surface area contributed by atoms with Crippen molar-refractivity contribution in [3.05, 3.63) is 149 Å². The minimum Gasteiger partial charge on any atom is -0.444 e. The van der Waals surface area contributed by atoms with Gasteiger partial charge in [-0.25, -0.2) is 56.3 Å². The second-order valence-corrected chi connectivity index (χ2v) is 28.0. The van der Waals surface area contributed by atoms with Crippen LogP contribution in [0, 0.1) is 38.5 Å². The van der Waals surface area contributed by atoms with Gasteiger partial charge < -0.3 is 30.5 Å². The number of carbonyl (C=O) groups excluding carboxylic acids is 1. The number of hydrogen-bond donors (Lipinski definition) is 3. The number of ether oxygens (including phenoxy) is 1. The molecule has 0 bridgehead atoms. The van der Waals surface area contributed by atoms with Crippen LogP contribution in [0.15, 0.2) is 132 Å². The lowest BCUT2D eigenvalue weighted by Gasteiger charge is -2.34. The van der Waals surface area contributed by atoms with Gasteiger partial charge in [0.25, 0.3) is 9.05 Å². The van der Waals surface area contributed by atoms with E-state index >= 15 is 0 Å². The Hall–Kier alpha value is -6.23. The van der Waals surface area contributed by atoms with Crippen LogP contribution in [-0.2, 0) is 23.8 Å². The third kappa shape index (κ3) is 19.1. The van der Waals surface area contributed by atoms with Crippen molar-refractivity contribution in [2.45, 2.75) is 95.5 Å². The molecule has 3 saturated heterocycles. The fourth-order valence-corrected chi connectivity index (χ4v) is 12.7. The molecule has 1 amide bonds. The number of nitrogens with one attached hydrogen (secondary N) is 2. The Morgan fingerprint density at radius 3 is 1.33 bits per heavy atom. The number of benzene rings is 5. The predicted octanol–water partition coefficient (Wildman–Crippen LogP) is 12.3. The van der Waals surface area contributed by atoms with E-state index in [-0.39, 0.29) is 34.2 Å². The quantitative estimate of drug-likeness (QED) is 0.102. The number of anilines is 3. The van der Waals surface area contributed by atoms with Crippen LogP contribution in [0.25, 0.3) is 32.7 Å². The van der Waals surface area contributed by atoms with Crippen LogP contribution in [0.3, 0.4) is 0 Å². The average Bonchev–Trinajstić information content (AvgIpc) is 1.84. The molecule has 3 unspecified atom stereocenters. The van der Waals surface area contributed by atoms with E-state index in [9.17, 15) is 21.6 Å². The van der Waals surface area contributed by atoms with Crippen LogP contribution >= 0.6 is 46.3 Å². The highest BCUT2D eigenvalue weighted by molar-refractivity contribution is 8.13. The first-order chi connectivity index (χ1) is 40.5. The zero-order valence-corrected chi connectivity index (χ0v) is 54.0. The lowest BCUT2D eigenvalue weighted by Crippen LogP contribution is -2.42. The van der Waals surface area contributed by atoms with Gasteiger partial charge in [-0.3, -0.25) is 0 Å². The largest absolute Gasteiger partial charge is 0.444 e. The molecule has 460 valence electrons. The Morgan fingerprint density at radius 1 is 0.570 bits per heavy atom. The van der Waals surface area contributed by atoms with Crippen molar-refractivity contribution < 1.29 is 26.4 Å². The summed E-state index contributed by atoms with van der Waals surface area (Å²) in [6.07, 6.45) is 11.1. The van der Waals surface area contributed by atoms with E-state index in [2.05, 4.69) is 112 Å². The number of sulfonamides is 1. The third-order valence-electron chi connectivity index (χ3n) is 14.8. The lowest BCUT2D eigenvalue weighted by molar-refractivity contribution is 0.0517. The Bertz CT molecular complexity index is 3790. The Morgan fingerprint density at radius 2 is 0.942 bits per heavy atom. The fourth-order valence-electron chi connectivity index (χ4n) is 10.6. The smallest absolute Gasteiger partial charge is 0.407 e. The number of amides is 1. The molecular weight excluding hydrogens is 1210 g/mol. The van der Waals surface area contributed by atoms with Gasteiger partial charge in [0.2, 0.25) is 10.0 Å². The minimum absolute atomic E-state index is 0. The molecule has 4 N–H and O–H groups in total. The number of nitrogens with two attached hydrogens (primary N) is 1. The first kappa shape index (κ1) is 67.3.